The number of hydrogen-bond acceptors (Lipinski definition) is 4. The summed E-state index contributed by atoms with van der Waals surface area (Å²) >= 11 is 0. The Labute approximate surface area is 150 Å². The summed E-state index contributed by atoms with van der Waals surface area (Å²) in [6.07, 6.45) is 2.48. The monoisotopic (exact) mass is 341 g/mol. The zero-order valence-electron chi connectivity index (χ0n) is 15.2. The van der Waals surface area contributed by atoms with Gasteiger partial charge in [-0.3, -0.25) is 9.78 Å². The Morgan fingerprint density at radius 3 is 2.68 bits per heavy atom. The molecular formula is C20H27N3O2. The minimum absolute atomic E-state index is 0.152. The number of nitrogens with one attached hydrogen (secondary N) is 1. The van der Waals surface area contributed by atoms with Gasteiger partial charge in [0.15, 0.2) is 0 Å². The van der Waals surface area contributed by atoms with Crippen molar-refractivity contribution in [1.29, 1.82) is 0 Å². The summed E-state index contributed by atoms with van der Waals surface area (Å²) in [5, 5.41) is 2.88. The number of carbonyl (C=O) groups is 1. The lowest BCUT2D eigenvalue weighted by atomic mass is 10.1. The Bertz CT molecular complexity index is 659. The van der Waals surface area contributed by atoms with Gasteiger partial charge in [0.25, 0.3) is 5.91 Å². The Morgan fingerprint density at radius 1 is 1.24 bits per heavy atom. The van der Waals surface area contributed by atoms with Crippen molar-refractivity contribution in [3.63, 3.8) is 0 Å². The maximum atomic E-state index is 12.3. The molecule has 1 aromatic heterocycles. The summed E-state index contributed by atoms with van der Waals surface area (Å²) in [5.74, 6) is -0.152. The Morgan fingerprint density at radius 2 is 2.00 bits per heavy atom. The van der Waals surface area contributed by atoms with Crippen LogP contribution in [0.15, 0.2) is 48.7 Å². The van der Waals surface area contributed by atoms with Crippen molar-refractivity contribution in [3.05, 3.63) is 59.9 Å². The highest BCUT2D eigenvalue weighted by Crippen LogP contribution is 2.20. The van der Waals surface area contributed by atoms with E-state index in [4.69, 9.17) is 4.74 Å². The lowest BCUT2D eigenvalue weighted by molar-refractivity contribution is 0.0943. The first-order chi connectivity index (χ1) is 12.1. The SMILES string of the molecule is COCCCNC(=O)c1cc(N(Cc2ccccc2)C(C)C)ccn1. The molecule has 0 saturated heterocycles. The molecule has 5 nitrogen and oxygen atoms in total. The van der Waals surface area contributed by atoms with Crippen LogP contribution in [0.3, 0.4) is 0 Å². The molecule has 0 aliphatic carbocycles. The number of pyridine rings is 1. The van der Waals surface area contributed by atoms with E-state index < -0.39 is 0 Å². The number of nitrogens with zero attached hydrogens (tertiary/aromatic N) is 2. The zero-order valence-corrected chi connectivity index (χ0v) is 15.2. The van der Waals surface area contributed by atoms with Crippen LogP contribution in [0, 0.1) is 0 Å². The second-order valence-electron chi connectivity index (χ2n) is 6.21. The number of rotatable bonds is 9. The van der Waals surface area contributed by atoms with Gasteiger partial charge < -0.3 is 15.0 Å². The molecule has 0 unspecified atom stereocenters. The van der Waals surface area contributed by atoms with Gasteiger partial charge in [-0.05, 0) is 38.0 Å². The maximum Gasteiger partial charge on any atom is 0.269 e. The third-order valence-corrected chi connectivity index (χ3v) is 3.94. The smallest absolute Gasteiger partial charge is 0.269 e. The van der Waals surface area contributed by atoms with Crippen molar-refractivity contribution in [3.8, 4) is 0 Å². The van der Waals surface area contributed by atoms with E-state index in [0.29, 0.717) is 24.9 Å². The predicted molar refractivity (Wildman–Crippen MR) is 101 cm³/mol. The van der Waals surface area contributed by atoms with Crippen LogP contribution in [-0.2, 0) is 11.3 Å². The van der Waals surface area contributed by atoms with Gasteiger partial charge in [-0.2, -0.15) is 0 Å². The van der Waals surface area contributed by atoms with E-state index in [1.165, 1.54) is 5.56 Å². The van der Waals surface area contributed by atoms with Gasteiger partial charge in [0.2, 0.25) is 0 Å². The number of methoxy groups -OCH3 is 1. The summed E-state index contributed by atoms with van der Waals surface area (Å²) in [7, 11) is 1.65. The molecule has 0 saturated carbocycles. The predicted octanol–water partition coefficient (Wildman–Crippen LogP) is 3.26. The van der Waals surface area contributed by atoms with E-state index in [9.17, 15) is 4.79 Å². The fraction of sp³-hybridized carbons (Fsp3) is 0.400. The highest BCUT2D eigenvalue weighted by atomic mass is 16.5. The van der Waals surface area contributed by atoms with E-state index in [1.54, 1.807) is 13.3 Å². The second kappa shape index (κ2) is 9.79. The van der Waals surface area contributed by atoms with Crippen LogP contribution in [0.4, 0.5) is 5.69 Å². The van der Waals surface area contributed by atoms with Crippen LogP contribution >= 0.6 is 0 Å². The van der Waals surface area contributed by atoms with Gasteiger partial charge in [-0.25, -0.2) is 0 Å². The fourth-order valence-electron chi connectivity index (χ4n) is 2.58. The van der Waals surface area contributed by atoms with Gasteiger partial charge in [-0.1, -0.05) is 30.3 Å². The molecule has 0 fully saturated rings. The normalized spacial score (nSPS) is 10.7. The zero-order chi connectivity index (χ0) is 18.1. The van der Waals surface area contributed by atoms with Crippen LogP contribution in [0.5, 0.6) is 0 Å². The molecule has 0 aliphatic heterocycles. The number of aromatic nitrogens is 1. The minimum Gasteiger partial charge on any atom is -0.385 e. The highest BCUT2D eigenvalue weighted by Gasteiger charge is 2.14. The molecule has 0 atom stereocenters. The number of hydrogen-bond donors (Lipinski definition) is 1. The van der Waals surface area contributed by atoms with Crippen LogP contribution in [0.2, 0.25) is 0 Å². The first-order valence-electron chi connectivity index (χ1n) is 8.65. The summed E-state index contributed by atoms with van der Waals surface area (Å²) in [6.45, 7) is 6.29. The number of anilines is 1. The molecule has 2 aromatic rings. The molecule has 134 valence electrons. The van der Waals surface area contributed by atoms with Crippen LogP contribution in [0.25, 0.3) is 0 Å². The van der Waals surface area contributed by atoms with Gasteiger partial charge in [0.1, 0.15) is 5.69 Å². The Kier molecular flexibility index (Phi) is 7.41. The van der Waals surface area contributed by atoms with Crippen molar-refractivity contribution >= 4 is 11.6 Å². The first kappa shape index (κ1) is 18.9. The molecule has 1 N–H and O–H groups in total. The van der Waals surface area contributed by atoms with Gasteiger partial charge in [-0.15, -0.1) is 0 Å². The van der Waals surface area contributed by atoms with Crippen molar-refractivity contribution in [2.75, 3.05) is 25.2 Å². The van der Waals surface area contributed by atoms with Crippen LogP contribution in [-0.4, -0.2) is 37.2 Å². The lowest BCUT2D eigenvalue weighted by Gasteiger charge is -2.29. The third-order valence-electron chi connectivity index (χ3n) is 3.94. The average Bonchev–Trinajstić information content (AvgIpc) is 2.64. The molecule has 0 spiro atoms. The van der Waals surface area contributed by atoms with E-state index in [2.05, 4.69) is 41.2 Å². The summed E-state index contributed by atoms with van der Waals surface area (Å²) in [5.41, 5.74) is 2.67. The van der Waals surface area contributed by atoms with Gasteiger partial charge in [0, 0.05) is 44.7 Å². The molecule has 0 radical (unpaired) electrons. The summed E-state index contributed by atoms with van der Waals surface area (Å²) < 4.78 is 4.99. The number of carbonyl (C=O) groups excluding carboxylic acids is 1. The molecule has 2 rings (SSSR count). The molecule has 1 amide bonds. The third kappa shape index (κ3) is 5.87. The molecule has 0 bridgehead atoms. The van der Waals surface area contributed by atoms with E-state index in [-0.39, 0.29) is 5.91 Å². The fourth-order valence-corrected chi connectivity index (χ4v) is 2.58. The van der Waals surface area contributed by atoms with Crippen molar-refractivity contribution < 1.29 is 9.53 Å². The maximum absolute atomic E-state index is 12.3. The summed E-state index contributed by atoms with van der Waals surface area (Å²) in [6, 6.07) is 14.4. The van der Waals surface area contributed by atoms with Crippen molar-refractivity contribution in [2.24, 2.45) is 0 Å². The average molecular weight is 341 g/mol. The second-order valence-corrected chi connectivity index (χ2v) is 6.21. The van der Waals surface area contributed by atoms with Crippen molar-refractivity contribution in [2.45, 2.75) is 32.9 Å². The minimum atomic E-state index is -0.152. The standard InChI is InChI=1S/C20H27N3O2/c1-16(2)23(15-17-8-5-4-6-9-17)18-10-12-21-19(14-18)20(24)22-11-7-13-25-3/h4-6,8-10,12,14,16H,7,11,13,15H2,1-3H3,(H,22,24). The molecule has 25 heavy (non-hydrogen) atoms. The van der Waals surface area contributed by atoms with Crippen LogP contribution in [0.1, 0.15) is 36.3 Å². The molecule has 0 aliphatic rings. The number of amides is 1. The quantitative estimate of drug-likeness (QED) is 0.711. The van der Waals surface area contributed by atoms with E-state index in [1.807, 2.05) is 30.3 Å². The first-order valence-corrected chi connectivity index (χ1v) is 8.65. The Hall–Kier alpha value is -2.40. The number of benzene rings is 1. The number of ether oxygens (including phenoxy) is 1. The van der Waals surface area contributed by atoms with Gasteiger partial charge >= 0.3 is 0 Å². The van der Waals surface area contributed by atoms with Crippen molar-refractivity contribution in [1.82, 2.24) is 10.3 Å². The highest BCUT2D eigenvalue weighted by molar-refractivity contribution is 5.93. The summed E-state index contributed by atoms with van der Waals surface area (Å²) in [4.78, 5) is 18.8. The molecule has 1 heterocycles. The molecular weight excluding hydrogens is 314 g/mol. The van der Waals surface area contributed by atoms with E-state index >= 15 is 0 Å². The Balaban J connectivity index is 2.10. The molecule has 1 aromatic carbocycles. The largest absolute Gasteiger partial charge is 0.385 e. The van der Waals surface area contributed by atoms with E-state index in [0.717, 1.165) is 18.7 Å². The lowest BCUT2D eigenvalue weighted by Crippen LogP contribution is -2.31. The topological polar surface area (TPSA) is 54.5 Å². The van der Waals surface area contributed by atoms with Gasteiger partial charge in [0.05, 0.1) is 0 Å². The van der Waals surface area contributed by atoms with Crippen LogP contribution < -0.4 is 10.2 Å². The molecule has 5 heteroatoms.